The number of fused-ring (bicyclic) bond motifs is 1. The minimum absolute atomic E-state index is 0.122. The first kappa shape index (κ1) is 24.9. The van der Waals surface area contributed by atoms with E-state index in [1.54, 1.807) is 67.6 Å². The minimum Gasteiger partial charge on any atom is -0.482 e. The lowest BCUT2D eigenvalue weighted by Gasteiger charge is -2.23. The summed E-state index contributed by atoms with van der Waals surface area (Å²) in [6, 6.07) is 19.4. The number of amides is 1. The number of rotatable bonds is 10. The average Bonchev–Trinajstić information content (AvgIpc) is 3.36. The third kappa shape index (κ3) is 5.87. The SMILES string of the molecule is CCN(c1ccc(OCC(=O)OCC(=O)Nc2ccc3c(c2)OCO3)cc1)S(=O)(=O)c1ccccc1. The van der Waals surface area contributed by atoms with Crippen LogP contribution in [0.15, 0.2) is 77.7 Å². The van der Waals surface area contributed by atoms with Gasteiger partial charge >= 0.3 is 5.97 Å². The number of carbonyl (C=O) groups excluding carboxylic acids is 2. The van der Waals surface area contributed by atoms with Crippen molar-refractivity contribution in [1.29, 1.82) is 0 Å². The largest absolute Gasteiger partial charge is 0.482 e. The number of benzene rings is 3. The predicted molar refractivity (Wildman–Crippen MR) is 131 cm³/mol. The van der Waals surface area contributed by atoms with Gasteiger partial charge in [-0.2, -0.15) is 0 Å². The maximum absolute atomic E-state index is 12.9. The van der Waals surface area contributed by atoms with Crippen LogP contribution in [0.3, 0.4) is 0 Å². The molecule has 0 atom stereocenters. The number of ether oxygens (including phenoxy) is 4. The van der Waals surface area contributed by atoms with Gasteiger partial charge in [0.1, 0.15) is 5.75 Å². The lowest BCUT2D eigenvalue weighted by atomic mass is 10.3. The molecule has 0 aliphatic carbocycles. The third-order valence-electron chi connectivity index (χ3n) is 5.12. The maximum Gasteiger partial charge on any atom is 0.344 e. The highest BCUT2D eigenvalue weighted by Crippen LogP contribution is 2.34. The molecule has 36 heavy (non-hydrogen) atoms. The van der Waals surface area contributed by atoms with Crippen molar-refractivity contribution >= 4 is 33.3 Å². The molecular weight excluding hydrogens is 488 g/mol. The van der Waals surface area contributed by atoms with Gasteiger partial charge < -0.3 is 24.3 Å². The number of esters is 1. The summed E-state index contributed by atoms with van der Waals surface area (Å²) in [5.41, 5.74) is 0.934. The lowest BCUT2D eigenvalue weighted by Crippen LogP contribution is -2.30. The first-order valence-electron chi connectivity index (χ1n) is 11.0. The summed E-state index contributed by atoms with van der Waals surface area (Å²) in [6.07, 6.45) is 0. The van der Waals surface area contributed by atoms with E-state index in [-0.39, 0.29) is 18.2 Å². The van der Waals surface area contributed by atoms with Gasteiger partial charge in [0.25, 0.3) is 15.9 Å². The van der Waals surface area contributed by atoms with E-state index in [9.17, 15) is 18.0 Å². The molecule has 0 saturated heterocycles. The Morgan fingerprint density at radius 2 is 1.67 bits per heavy atom. The van der Waals surface area contributed by atoms with Crippen LogP contribution < -0.4 is 23.8 Å². The van der Waals surface area contributed by atoms with Crippen LogP contribution in [0.2, 0.25) is 0 Å². The molecule has 0 bridgehead atoms. The fraction of sp³-hybridized carbons (Fsp3) is 0.200. The van der Waals surface area contributed by atoms with Gasteiger partial charge in [0.2, 0.25) is 6.79 Å². The summed E-state index contributed by atoms with van der Waals surface area (Å²) < 4.78 is 48.0. The Kier molecular flexibility index (Phi) is 7.59. The highest BCUT2D eigenvalue weighted by Gasteiger charge is 2.23. The Labute approximate surface area is 208 Å². The number of hydrogen-bond donors (Lipinski definition) is 1. The van der Waals surface area contributed by atoms with Crippen LogP contribution in [0.25, 0.3) is 0 Å². The quantitative estimate of drug-likeness (QED) is 0.411. The van der Waals surface area contributed by atoms with E-state index in [2.05, 4.69) is 5.32 Å². The second kappa shape index (κ2) is 11.0. The molecular formula is C25H24N2O8S. The standard InChI is InChI=1S/C25H24N2O8S/c1-2-27(36(30,31)21-6-4-3-5-7-21)19-9-11-20(12-10-19)32-16-25(29)33-15-24(28)26-18-8-13-22-23(14-18)35-17-34-22/h3-14H,2,15-17H2,1H3,(H,26,28). The highest BCUT2D eigenvalue weighted by atomic mass is 32.2. The van der Waals surface area contributed by atoms with Crippen LogP contribution in [0.4, 0.5) is 11.4 Å². The average molecular weight is 513 g/mol. The van der Waals surface area contributed by atoms with E-state index >= 15 is 0 Å². The summed E-state index contributed by atoms with van der Waals surface area (Å²) >= 11 is 0. The Morgan fingerprint density at radius 3 is 2.39 bits per heavy atom. The van der Waals surface area contributed by atoms with Crippen LogP contribution in [0, 0.1) is 0 Å². The number of nitrogens with zero attached hydrogens (tertiary/aromatic N) is 1. The van der Waals surface area contributed by atoms with Crippen molar-refractivity contribution in [2.45, 2.75) is 11.8 Å². The molecule has 10 nitrogen and oxygen atoms in total. The molecule has 0 unspecified atom stereocenters. The van der Waals surface area contributed by atoms with E-state index in [0.717, 1.165) is 0 Å². The molecule has 1 amide bonds. The molecule has 1 heterocycles. The number of carbonyl (C=O) groups is 2. The molecule has 0 spiro atoms. The smallest absolute Gasteiger partial charge is 0.344 e. The van der Waals surface area contributed by atoms with Gasteiger partial charge in [-0.15, -0.1) is 0 Å². The summed E-state index contributed by atoms with van der Waals surface area (Å²) in [5.74, 6) is 0.190. The van der Waals surface area contributed by atoms with E-state index in [0.29, 0.717) is 28.6 Å². The molecule has 0 fully saturated rings. The number of nitrogens with one attached hydrogen (secondary N) is 1. The van der Waals surface area contributed by atoms with E-state index in [1.807, 2.05) is 0 Å². The van der Waals surface area contributed by atoms with Crippen molar-refractivity contribution in [2.24, 2.45) is 0 Å². The van der Waals surface area contributed by atoms with Crippen LogP contribution >= 0.6 is 0 Å². The Balaban J connectivity index is 1.26. The summed E-state index contributed by atoms with van der Waals surface area (Å²) in [6.45, 7) is 1.19. The molecule has 1 aliphatic heterocycles. The molecule has 3 aromatic rings. The zero-order valence-corrected chi connectivity index (χ0v) is 20.2. The van der Waals surface area contributed by atoms with E-state index < -0.39 is 35.1 Å². The van der Waals surface area contributed by atoms with Gasteiger partial charge in [-0.05, 0) is 55.5 Å². The molecule has 0 radical (unpaired) electrons. The van der Waals surface area contributed by atoms with Crippen molar-refractivity contribution in [3.63, 3.8) is 0 Å². The van der Waals surface area contributed by atoms with Crippen LogP contribution in [-0.4, -0.2) is 46.8 Å². The van der Waals surface area contributed by atoms with Crippen molar-refractivity contribution in [2.75, 3.05) is 36.2 Å². The first-order valence-corrected chi connectivity index (χ1v) is 12.5. The van der Waals surface area contributed by atoms with Crippen LogP contribution in [0.1, 0.15) is 6.92 Å². The summed E-state index contributed by atoms with van der Waals surface area (Å²) in [5, 5.41) is 2.60. The number of sulfonamides is 1. The fourth-order valence-corrected chi connectivity index (χ4v) is 4.92. The highest BCUT2D eigenvalue weighted by molar-refractivity contribution is 7.92. The number of hydrogen-bond acceptors (Lipinski definition) is 8. The molecule has 4 rings (SSSR count). The lowest BCUT2D eigenvalue weighted by molar-refractivity contribution is -0.149. The van der Waals surface area contributed by atoms with E-state index in [4.69, 9.17) is 18.9 Å². The molecule has 188 valence electrons. The van der Waals surface area contributed by atoms with Crippen molar-refractivity contribution in [3.8, 4) is 17.2 Å². The zero-order chi connectivity index (χ0) is 25.5. The Morgan fingerprint density at radius 1 is 0.944 bits per heavy atom. The Hall–Kier alpha value is -4.25. The second-order valence-corrected chi connectivity index (χ2v) is 9.40. The van der Waals surface area contributed by atoms with Gasteiger partial charge in [-0.1, -0.05) is 18.2 Å². The molecule has 0 aromatic heterocycles. The second-order valence-electron chi connectivity index (χ2n) is 7.54. The Bertz CT molecular complexity index is 1330. The van der Waals surface area contributed by atoms with Gasteiger partial charge in [0, 0.05) is 18.3 Å². The third-order valence-corrected chi connectivity index (χ3v) is 7.04. The zero-order valence-electron chi connectivity index (χ0n) is 19.4. The van der Waals surface area contributed by atoms with Crippen LogP contribution in [-0.2, 0) is 24.3 Å². The molecule has 1 N–H and O–H groups in total. The predicted octanol–water partition coefficient (Wildman–Crippen LogP) is 3.19. The minimum atomic E-state index is -3.72. The normalized spacial score (nSPS) is 12.0. The maximum atomic E-state index is 12.9. The molecule has 0 saturated carbocycles. The molecule has 3 aromatic carbocycles. The molecule has 11 heteroatoms. The number of anilines is 2. The molecule has 1 aliphatic rings. The summed E-state index contributed by atoms with van der Waals surface area (Å²) in [7, 11) is -3.72. The van der Waals surface area contributed by atoms with Crippen molar-refractivity contribution < 1.29 is 37.0 Å². The monoisotopic (exact) mass is 512 g/mol. The van der Waals surface area contributed by atoms with Crippen LogP contribution in [0.5, 0.6) is 17.2 Å². The summed E-state index contributed by atoms with van der Waals surface area (Å²) in [4.78, 5) is 24.2. The fourth-order valence-electron chi connectivity index (χ4n) is 3.42. The van der Waals surface area contributed by atoms with E-state index in [1.165, 1.54) is 16.4 Å². The topological polar surface area (TPSA) is 120 Å². The first-order chi connectivity index (χ1) is 17.4. The van der Waals surface area contributed by atoms with Gasteiger partial charge in [0.15, 0.2) is 24.7 Å². The van der Waals surface area contributed by atoms with Gasteiger partial charge in [-0.25, -0.2) is 13.2 Å². The van der Waals surface area contributed by atoms with Gasteiger partial charge in [-0.3, -0.25) is 9.10 Å². The van der Waals surface area contributed by atoms with Crippen molar-refractivity contribution in [1.82, 2.24) is 0 Å². The van der Waals surface area contributed by atoms with Crippen molar-refractivity contribution in [3.05, 3.63) is 72.8 Å². The van der Waals surface area contributed by atoms with Gasteiger partial charge in [0.05, 0.1) is 10.6 Å².